The Kier molecular flexibility index (Phi) is 8.29. The van der Waals surface area contributed by atoms with Crippen LogP contribution in [0.2, 0.25) is 0 Å². The topological polar surface area (TPSA) is 122 Å². The summed E-state index contributed by atoms with van der Waals surface area (Å²) in [7, 11) is 0. The normalized spacial score (nSPS) is 15.0. The summed E-state index contributed by atoms with van der Waals surface area (Å²) in [5.41, 5.74) is 7.27. The molecule has 1 aromatic carbocycles. The van der Waals surface area contributed by atoms with Gasteiger partial charge in [0.1, 0.15) is 17.9 Å². The molecule has 0 radical (unpaired) electrons. The van der Waals surface area contributed by atoms with Crippen LogP contribution in [0, 0.1) is 6.92 Å². The van der Waals surface area contributed by atoms with Gasteiger partial charge >= 0.3 is 5.97 Å². The average Bonchev–Trinajstić information content (AvgIpc) is 3.15. The number of piperazine rings is 1. The predicted octanol–water partition coefficient (Wildman–Crippen LogP) is 2.22. The van der Waals surface area contributed by atoms with E-state index in [1.165, 1.54) is 0 Å². The van der Waals surface area contributed by atoms with Crippen LogP contribution in [0.1, 0.15) is 18.6 Å². The number of rotatable bonds is 6. The molecule has 3 N–H and O–H groups in total. The first-order valence-corrected chi connectivity index (χ1v) is 10.7. The number of hydrogen-bond donors (Lipinski definition) is 2. The number of carbonyl (C=O) groups is 1. The highest BCUT2D eigenvalue weighted by atomic mass is 16.4. The number of hydrogen-bond acceptors (Lipinski definition) is 8. The number of benzene rings is 1. The number of carboxylic acid groups (broad SMARTS) is 1. The van der Waals surface area contributed by atoms with E-state index >= 15 is 0 Å². The second-order valence-corrected chi connectivity index (χ2v) is 7.75. The van der Waals surface area contributed by atoms with Gasteiger partial charge in [-0.3, -0.25) is 9.69 Å². The number of nitrogens with zero attached hydrogens (tertiary/aromatic N) is 5. The van der Waals surface area contributed by atoms with Crippen molar-refractivity contribution in [1.82, 2.24) is 19.9 Å². The second kappa shape index (κ2) is 11.4. The van der Waals surface area contributed by atoms with Crippen molar-refractivity contribution in [3.63, 3.8) is 0 Å². The standard InChI is InChI=1S/C12H11NO3.C11H19N5/c1-8-13-12(9-5-3-2-4-6-9)10(16-8)7-11(14)15;1-10(12)9-15-5-7-16(8-6-15)11-13-3-2-4-14-11/h2-6H,7H2,1H3,(H,14,15);2-4,10H,5-9,12H2,1H3. The third-order valence-electron chi connectivity index (χ3n) is 4.92. The Hall–Kier alpha value is -3.30. The Balaban J connectivity index is 0.000000181. The fourth-order valence-electron chi connectivity index (χ4n) is 3.54. The van der Waals surface area contributed by atoms with Gasteiger partial charge in [-0.15, -0.1) is 0 Å². The first-order chi connectivity index (χ1) is 15.4. The number of aryl methyl sites for hydroxylation is 1. The lowest BCUT2D eigenvalue weighted by atomic mass is 10.1. The Morgan fingerprint density at radius 1 is 1.12 bits per heavy atom. The molecule has 0 saturated carbocycles. The zero-order valence-electron chi connectivity index (χ0n) is 18.5. The molecule has 0 aliphatic carbocycles. The molecule has 0 bridgehead atoms. The number of anilines is 1. The Morgan fingerprint density at radius 2 is 1.78 bits per heavy atom. The Labute approximate surface area is 187 Å². The van der Waals surface area contributed by atoms with Crippen LogP contribution in [-0.2, 0) is 11.2 Å². The van der Waals surface area contributed by atoms with E-state index in [2.05, 4.69) is 24.8 Å². The van der Waals surface area contributed by atoms with E-state index in [-0.39, 0.29) is 12.5 Å². The van der Waals surface area contributed by atoms with Gasteiger partial charge in [-0.05, 0) is 13.0 Å². The van der Waals surface area contributed by atoms with Crippen LogP contribution in [0.15, 0.2) is 53.2 Å². The molecule has 2 aromatic heterocycles. The fourth-order valence-corrected chi connectivity index (χ4v) is 3.54. The summed E-state index contributed by atoms with van der Waals surface area (Å²) < 4.78 is 5.29. The fraction of sp³-hybridized carbons (Fsp3) is 0.391. The predicted molar refractivity (Wildman–Crippen MR) is 122 cm³/mol. The van der Waals surface area contributed by atoms with Crippen LogP contribution in [0.4, 0.5) is 5.95 Å². The van der Waals surface area contributed by atoms with Crippen molar-refractivity contribution >= 4 is 11.9 Å². The largest absolute Gasteiger partial charge is 0.481 e. The maximum Gasteiger partial charge on any atom is 0.311 e. The van der Waals surface area contributed by atoms with Crippen molar-refractivity contribution < 1.29 is 14.3 Å². The number of aromatic nitrogens is 3. The Bertz CT molecular complexity index is 970. The third-order valence-corrected chi connectivity index (χ3v) is 4.92. The minimum Gasteiger partial charge on any atom is -0.481 e. The van der Waals surface area contributed by atoms with E-state index in [9.17, 15) is 4.79 Å². The molecule has 9 heteroatoms. The molecule has 0 amide bonds. The van der Waals surface area contributed by atoms with Crippen LogP contribution < -0.4 is 10.6 Å². The van der Waals surface area contributed by atoms with Crippen molar-refractivity contribution in [1.29, 1.82) is 0 Å². The van der Waals surface area contributed by atoms with Crippen LogP contribution in [-0.4, -0.2) is 69.7 Å². The van der Waals surface area contributed by atoms with Gasteiger partial charge in [0.25, 0.3) is 0 Å². The van der Waals surface area contributed by atoms with Crippen LogP contribution >= 0.6 is 0 Å². The zero-order valence-corrected chi connectivity index (χ0v) is 18.5. The molecular weight excluding hydrogens is 408 g/mol. The smallest absolute Gasteiger partial charge is 0.311 e. The molecule has 1 aliphatic rings. The highest BCUT2D eigenvalue weighted by Gasteiger charge is 2.19. The Morgan fingerprint density at radius 3 is 2.38 bits per heavy atom. The van der Waals surface area contributed by atoms with Gasteiger partial charge < -0.3 is 20.2 Å². The third kappa shape index (κ3) is 6.86. The second-order valence-electron chi connectivity index (χ2n) is 7.75. The van der Waals surface area contributed by atoms with E-state index in [4.69, 9.17) is 15.3 Å². The average molecular weight is 439 g/mol. The molecule has 1 aliphatic heterocycles. The molecule has 1 saturated heterocycles. The molecule has 3 aromatic rings. The molecule has 170 valence electrons. The molecule has 1 atom stereocenters. The van der Waals surface area contributed by atoms with Crippen molar-refractivity contribution in [3.8, 4) is 11.3 Å². The van der Waals surface area contributed by atoms with Crippen molar-refractivity contribution in [2.45, 2.75) is 26.3 Å². The minimum absolute atomic E-state index is 0.148. The van der Waals surface area contributed by atoms with E-state index in [1.54, 1.807) is 19.3 Å². The lowest BCUT2D eigenvalue weighted by Crippen LogP contribution is -2.49. The summed E-state index contributed by atoms with van der Waals surface area (Å²) in [6.07, 6.45) is 3.43. The first kappa shape index (κ1) is 23.4. The van der Waals surface area contributed by atoms with E-state index < -0.39 is 5.97 Å². The van der Waals surface area contributed by atoms with Gasteiger partial charge in [0.15, 0.2) is 5.89 Å². The van der Waals surface area contributed by atoms with Crippen molar-refractivity contribution in [2.24, 2.45) is 5.73 Å². The van der Waals surface area contributed by atoms with Gasteiger partial charge in [0, 0.05) is 63.6 Å². The van der Waals surface area contributed by atoms with Gasteiger partial charge in [-0.1, -0.05) is 30.3 Å². The molecule has 3 heterocycles. The highest BCUT2D eigenvalue weighted by Crippen LogP contribution is 2.24. The maximum absolute atomic E-state index is 10.7. The summed E-state index contributed by atoms with van der Waals surface area (Å²) in [5.74, 6) is 0.794. The van der Waals surface area contributed by atoms with Crippen LogP contribution in [0.3, 0.4) is 0 Å². The molecular formula is C23H30N6O3. The molecule has 1 unspecified atom stereocenters. The van der Waals surface area contributed by atoms with Crippen LogP contribution in [0.25, 0.3) is 11.3 Å². The minimum atomic E-state index is -0.923. The summed E-state index contributed by atoms with van der Waals surface area (Å²) in [5, 5.41) is 8.76. The summed E-state index contributed by atoms with van der Waals surface area (Å²) in [6.45, 7) is 8.78. The summed E-state index contributed by atoms with van der Waals surface area (Å²) in [4.78, 5) is 28.0. The van der Waals surface area contributed by atoms with Gasteiger partial charge in [-0.2, -0.15) is 0 Å². The summed E-state index contributed by atoms with van der Waals surface area (Å²) >= 11 is 0. The maximum atomic E-state index is 10.7. The van der Waals surface area contributed by atoms with Gasteiger partial charge in [0.05, 0.1) is 0 Å². The van der Waals surface area contributed by atoms with Crippen molar-refractivity contribution in [2.75, 3.05) is 37.6 Å². The number of aliphatic carboxylic acids is 1. The van der Waals surface area contributed by atoms with Crippen molar-refractivity contribution in [3.05, 3.63) is 60.4 Å². The lowest BCUT2D eigenvalue weighted by molar-refractivity contribution is -0.136. The highest BCUT2D eigenvalue weighted by molar-refractivity contribution is 5.73. The van der Waals surface area contributed by atoms with Gasteiger partial charge in [-0.25, -0.2) is 15.0 Å². The number of oxazole rings is 1. The van der Waals surface area contributed by atoms with E-state index in [1.807, 2.05) is 43.3 Å². The summed E-state index contributed by atoms with van der Waals surface area (Å²) in [6, 6.07) is 11.5. The quantitative estimate of drug-likeness (QED) is 0.596. The van der Waals surface area contributed by atoms with Gasteiger partial charge in [0.2, 0.25) is 5.95 Å². The SMILES string of the molecule is CC(N)CN1CCN(c2ncccn2)CC1.Cc1nc(-c2ccccc2)c(CC(=O)O)o1. The van der Waals surface area contributed by atoms with E-state index in [0.717, 1.165) is 44.2 Å². The van der Waals surface area contributed by atoms with Crippen LogP contribution in [0.5, 0.6) is 0 Å². The number of nitrogens with two attached hydrogens (primary N) is 1. The van der Waals surface area contributed by atoms with E-state index in [0.29, 0.717) is 17.3 Å². The molecule has 4 rings (SSSR count). The molecule has 9 nitrogen and oxygen atoms in total. The monoisotopic (exact) mass is 438 g/mol. The molecule has 32 heavy (non-hydrogen) atoms. The molecule has 0 spiro atoms. The zero-order chi connectivity index (χ0) is 22.9. The first-order valence-electron chi connectivity index (χ1n) is 10.7. The lowest BCUT2D eigenvalue weighted by Gasteiger charge is -2.35. The number of carboxylic acids is 1. The molecule has 1 fully saturated rings.